The monoisotopic (exact) mass is 363 g/mol. The fourth-order valence-corrected chi connectivity index (χ4v) is 4.05. The third kappa shape index (κ3) is 5.63. The van der Waals surface area contributed by atoms with Crippen molar-refractivity contribution in [1.82, 2.24) is 0 Å². The number of hydrogen-bond acceptors (Lipinski definition) is 2. The van der Waals surface area contributed by atoms with E-state index < -0.39 is 0 Å². The molecule has 27 heavy (non-hydrogen) atoms. The third-order valence-corrected chi connectivity index (χ3v) is 5.65. The van der Waals surface area contributed by atoms with Gasteiger partial charge in [0.2, 0.25) is 0 Å². The molecule has 1 aliphatic carbocycles. The molecule has 2 rings (SSSR count). The summed E-state index contributed by atoms with van der Waals surface area (Å²) in [5, 5.41) is 0. The van der Waals surface area contributed by atoms with Gasteiger partial charge in [-0.3, -0.25) is 9.79 Å². The zero-order valence-electron chi connectivity index (χ0n) is 17.3. The van der Waals surface area contributed by atoms with Crippen LogP contribution in [0.1, 0.15) is 52.0 Å². The third-order valence-electron chi connectivity index (χ3n) is 5.65. The number of nitrogens with zero attached hydrogens (tertiary/aromatic N) is 1. The molecule has 0 radical (unpaired) electrons. The lowest BCUT2D eigenvalue weighted by Gasteiger charge is -2.31. The standard InChI is InChI=1S/C25H33NO/c1-6-21(17-24(18(2)3)19(4)26-5)25(27)23-15-11-10-14-22(23)16-20-12-8-7-9-13-20/h6-9,12-13,17,22-23H,1,10-11,14-16H2,2-5H3/b21-17+,26-19?/t22-,23?/m1/s1. The van der Waals surface area contributed by atoms with Crippen molar-refractivity contribution in [3.05, 3.63) is 71.3 Å². The summed E-state index contributed by atoms with van der Waals surface area (Å²) in [5.41, 5.74) is 5.20. The number of rotatable bonds is 7. The lowest BCUT2D eigenvalue weighted by Crippen LogP contribution is -2.29. The Morgan fingerprint density at radius 3 is 2.41 bits per heavy atom. The molecule has 0 saturated heterocycles. The molecule has 0 N–H and O–H groups in total. The van der Waals surface area contributed by atoms with Gasteiger partial charge in [0.05, 0.1) is 0 Å². The maximum Gasteiger partial charge on any atom is 0.166 e. The Balaban J connectivity index is 2.29. The first-order chi connectivity index (χ1) is 13.0. The topological polar surface area (TPSA) is 29.4 Å². The molecule has 1 fully saturated rings. The predicted octanol–water partition coefficient (Wildman–Crippen LogP) is 6.14. The molecule has 0 heterocycles. The highest BCUT2D eigenvalue weighted by Crippen LogP contribution is 2.35. The SMILES string of the molecule is C=C/C(=C\C(C(C)=NC)=C(C)C)C(=O)C1CCCC[C@@H]1Cc1ccccc1. The van der Waals surface area contributed by atoms with E-state index >= 15 is 0 Å². The molecule has 2 atom stereocenters. The van der Waals surface area contributed by atoms with Crippen LogP contribution in [0.25, 0.3) is 0 Å². The molecular formula is C25H33NO. The van der Waals surface area contributed by atoms with E-state index in [1.165, 1.54) is 12.0 Å². The van der Waals surface area contributed by atoms with Crippen LogP contribution >= 0.6 is 0 Å². The van der Waals surface area contributed by atoms with Gasteiger partial charge in [-0.15, -0.1) is 0 Å². The van der Waals surface area contributed by atoms with Crippen molar-refractivity contribution in [2.24, 2.45) is 16.8 Å². The van der Waals surface area contributed by atoms with E-state index in [9.17, 15) is 4.79 Å². The van der Waals surface area contributed by atoms with E-state index in [2.05, 4.69) is 49.7 Å². The van der Waals surface area contributed by atoms with Gasteiger partial charge in [-0.2, -0.15) is 0 Å². The van der Waals surface area contributed by atoms with E-state index in [1.54, 1.807) is 13.1 Å². The predicted molar refractivity (Wildman–Crippen MR) is 116 cm³/mol. The van der Waals surface area contributed by atoms with Crippen LogP contribution in [-0.4, -0.2) is 18.5 Å². The summed E-state index contributed by atoms with van der Waals surface area (Å²) in [4.78, 5) is 17.7. The van der Waals surface area contributed by atoms with E-state index in [1.807, 2.05) is 19.1 Å². The number of aliphatic imine (C=N–C) groups is 1. The number of hydrogen-bond donors (Lipinski definition) is 0. The number of carbonyl (C=O) groups is 1. The molecule has 1 aromatic carbocycles. The molecule has 0 aliphatic heterocycles. The van der Waals surface area contributed by atoms with Crippen molar-refractivity contribution in [1.29, 1.82) is 0 Å². The molecular weight excluding hydrogens is 330 g/mol. The van der Waals surface area contributed by atoms with Gasteiger partial charge in [0.15, 0.2) is 5.78 Å². The highest BCUT2D eigenvalue weighted by Gasteiger charge is 2.31. The fraction of sp³-hybridized carbons (Fsp3) is 0.440. The first-order valence-corrected chi connectivity index (χ1v) is 10.0. The molecule has 0 aromatic heterocycles. The number of Topliss-reactive ketones (excluding diaryl/α,β-unsaturated/α-hetero) is 1. The molecule has 2 heteroatoms. The van der Waals surface area contributed by atoms with Crippen LogP contribution in [0.5, 0.6) is 0 Å². The Labute approximate surface area is 164 Å². The Kier molecular flexibility index (Phi) is 7.97. The van der Waals surface area contributed by atoms with Gasteiger partial charge in [0, 0.05) is 24.3 Å². The van der Waals surface area contributed by atoms with Gasteiger partial charge in [-0.25, -0.2) is 0 Å². The van der Waals surface area contributed by atoms with Gasteiger partial charge in [0.1, 0.15) is 0 Å². The largest absolute Gasteiger partial charge is 0.294 e. The van der Waals surface area contributed by atoms with Crippen molar-refractivity contribution in [3.63, 3.8) is 0 Å². The Hall–Kier alpha value is -2.22. The van der Waals surface area contributed by atoms with E-state index in [4.69, 9.17) is 0 Å². The summed E-state index contributed by atoms with van der Waals surface area (Å²) in [6.45, 7) is 10.0. The second kappa shape index (κ2) is 10.2. The summed E-state index contributed by atoms with van der Waals surface area (Å²) >= 11 is 0. The molecule has 0 spiro atoms. The smallest absolute Gasteiger partial charge is 0.166 e. The minimum Gasteiger partial charge on any atom is -0.294 e. The van der Waals surface area contributed by atoms with E-state index in [-0.39, 0.29) is 11.7 Å². The second-order valence-corrected chi connectivity index (χ2v) is 7.73. The molecule has 2 nitrogen and oxygen atoms in total. The zero-order chi connectivity index (χ0) is 19.8. The first-order valence-electron chi connectivity index (χ1n) is 10.0. The minimum absolute atomic E-state index is 0.0838. The molecule has 1 unspecified atom stereocenters. The number of carbonyl (C=O) groups excluding carboxylic acids is 1. The van der Waals surface area contributed by atoms with Gasteiger partial charge < -0.3 is 0 Å². The summed E-state index contributed by atoms with van der Waals surface area (Å²) in [5.74, 6) is 0.738. The highest BCUT2D eigenvalue weighted by molar-refractivity contribution is 6.06. The lowest BCUT2D eigenvalue weighted by molar-refractivity contribution is -0.121. The highest BCUT2D eigenvalue weighted by atomic mass is 16.1. The number of ketones is 1. The Bertz CT molecular complexity index is 748. The van der Waals surface area contributed by atoms with E-state index in [0.29, 0.717) is 5.92 Å². The van der Waals surface area contributed by atoms with Crippen molar-refractivity contribution in [2.75, 3.05) is 7.05 Å². The summed E-state index contributed by atoms with van der Waals surface area (Å²) < 4.78 is 0. The van der Waals surface area contributed by atoms with Gasteiger partial charge >= 0.3 is 0 Å². The zero-order valence-corrected chi connectivity index (χ0v) is 17.3. The Morgan fingerprint density at radius 2 is 1.81 bits per heavy atom. The second-order valence-electron chi connectivity index (χ2n) is 7.73. The molecule has 0 amide bonds. The van der Waals surface area contributed by atoms with Crippen molar-refractivity contribution in [2.45, 2.75) is 52.9 Å². The fourth-order valence-electron chi connectivity index (χ4n) is 4.05. The number of benzene rings is 1. The van der Waals surface area contributed by atoms with Crippen LogP contribution in [-0.2, 0) is 11.2 Å². The van der Waals surface area contributed by atoms with Crippen LogP contribution in [0.3, 0.4) is 0 Å². The average molecular weight is 364 g/mol. The average Bonchev–Trinajstić information content (AvgIpc) is 2.69. The van der Waals surface area contributed by atoms with Crippen molar-refractivity contribution in [3.8, 4) is 0 Å². The van der Waals surface area contributed by atoms with Crippen LogP contribution < -0.4 is 0 Å². The molecule has 1 saturated carbocycles. The van der Waals surface area contributed by atoms with Crippen LogP contribution in [0.2, 0.25) is 0 Å². The van der Waals surface area contributed by atoms with Gasteiger partial charge in [-0.1, -0.05) is 61.4 Å². The van der Waals surface area contributed by atoms with Gasteiger partial charge in [0.25, 0.3) is 0 Å². The van der Waals surface area contributed by atoms with E-state index in [0.717, 1.165) is 48.1 Å². The molecule has 0 bridgehead atoms. The maximum atomic E-state index is 13.4. The maximum absolute atomic E-state index is 13.4. The van der Waals surface area contributed by atoms with Crippen LogP contribution in [0.4, 0.5) is 0 Å². The molecule has 1 aliphatic rings. The summed E-state index contributed by atoms with van der Waals surface area (Å²) in [6.07, 6.45) is 9.15. The van der Waals surface area contributed by atoms with Crippen LogP contribution in [0, 0.1) is 11.8 Å². The van der Waals surface area contributed by atoms with Crippen molar-refractivity contribution >= 4 is 11.5 Å². The quantitative estimate of drug-likeness (QED) is 0.325. The van der Waals surface area contributed by atoms with Crippen molar-refractivity contribution < 1.29 is 4.79 Å². The van der Waals surface area contributed by atoms with Gasteiger partial charge in [-0.05, 0) is 63.2 Å². The molecule has 144 valence electrons. The first kappa shape index (κ1) is 21.1. The summed E-state index contributed by atoms with van der Waals surface area (Å²) in [6, 6.07) is 10.5. The lowest BCUT2D eigenvalue weighted by atomic mass is 9.72. The minimum atomic E-state index is 0.0838. The summed E-state index contributed by atoms with van der Waals surface area (Å²) in [7, 11) is 1.79. The Morgan fingerprint density at radius 1 is 1.15 bits per heavy atom. The van der Waals surface area contributed by atoms with Crippen LogP contribution in [0.15, 0.2) is 70.8 Å². The normalized spacial score (nSPS) is 20.9. The molecule has 1 aromatic rings. The number of allylic oxidation sites excluding steroid dienone is 5.